The van der Waals surface area contributed by atoms with E-state index in [1.807, 2.05) is 24.3 Å². The van der Waals surface area contributed by atoms with Crippen molar-refractivity contribution >= 4 is 33.3 Å². The normalized spacial score (nSPS) is 10.2. The lowest BCUT2D eigenvalue weighted by atomic mass is 10.1. The van der Waals surface area contributed by atoms with Gasteiger partial charge in [-0.05, 0) is 23.8 Å². The predicted molar refractivity (Wildman–Crippen MR) is 71.4 cm³/mol. The molecule has 1 aromatic heterocycles. The smallest absolute Gasteiger partial charge is 0.185 e. The summed E-state index contributed by atoms with van der Waals surface area (Å²) in [7, 11) is 0. The van der Waals surface area contributed by atoms with E-state index in [-0.39, 0.29) is 5.78 Å². The molecule has 1 heterocycles. The molecular formula is C13H9BrClNO. The molecule has 0 saturated heterocycles. The summed E-state index contributed by atoms with van der Waals surface area (Å²) in [6.45, 7) is 0. The van der Waals surface area contributed by atoms with Crippen molar-refractivity contribution in [1.29, 1.82) is 0 Å². The lowest BCUT2D eigenvalue weighted by Crippen LogP contribution is -2.06. The SMILES string of the molecule is O=C(Cc1ccccc1Br)c1ccc(Cl)cn1. The standard InChI is InChI=1S/C13H9BrClNO/c14-11-4-2-1-3-9(11)7-13(17)12-6-5-10(15)8-16-12/h1-6,8H,7H2. The first-order chi connectivity index (χ1) is 8.16. The Morgan fingerprint density at radius 1 is 1.24 bits per heavy atom. The number of pyridine rings is 1. The number of hydrogen-bond acceptors (Lipinski definition) is 2. The van der Waals surface area contributed by atoms with Crippen LogP contribution in [0.4, 0.5) is 0 Å². The molecule has 2 rings (SSSR count). The van der Waals surface area contributed by atoms with Crippen LogP contribution in [0.5, 0.6) is 0 Å². The van der Waals surface area contributed by atoms with Crippen LogP contribution in [0.3, 0.4) is 0 Å². The Kier molecular flexibility index (Phi) is 3.92. The fraction of sp³-hybridized carbons (Fsp3) is 0.0769. The number of carbonyl (C=O) groups excluding carboxylic acids is 1. The minimum Gasteiger partial charge on any atom is -0.292 e. The van der Waals surface area contributed by atoms with Gasteiger partial charge in [-0.3, -0.25) is 9.78 Å². The first kappa shape index (κ1) is 12.3. The maximum atomic E-state index is 12.0. The van der Waals surface area contributed by atoms with Gasteiger partial charge in [0.15, 0.2) is 5.78 Å². The highest BCUT2D eigenvalue weighted by Crippen LogP contribution is 2.18. The van der Waals surface area contributed by atoms with Gasteiger partial charge in [-0.2, -0.15) is 0 Å². The highest BCUT2D eigenvalue weighted by Gasteiger charge is 2.10. The molecule has 0 aliphatic rings. The third-order valence-electron chi connectivity index (χ3n) is 2.32. The highest BCUT2D eigenvalue weighted by atomic mass is 79.9. The second kappa shape index (κ2) is 5.43. The average Bonchev–Trinajstić information content (AvgIpc) is 2.33. The van der Waals surface area contributed by atoms with E-state index >= 15 is 0 Å². The van der Waals surface area contributed by atoms with Crippen molar-refractivity contribution in [3.05, 3.63) is 63.3 Å². The number of rotatable bonds is 3. The summed E-state index contributed by atoms with van der Waals surface area (Å²) in [4.78, 5) is 16.0. The molecule has 0 bridgehead atoms. The van der Waals surface area contributed by atoms with Crippen LogP contribution in [0.25, 0.3) is 0 Å². The molecule has 17 heavy (non-hydrogen) atoms. The summed E-state index contributed by atoms with van der Waals surface area (Å²) in [6, 6.07) is 11.0. The summed E-state index contributed by atoms with van der Waals surface area (Å²) in [5.41, 5.74) is 1.39. The Hall–Kier alpha value is -1.19. The van der Waals surface area contributed by atoms with Crippen LogP contribution in [0.15, 0.2) is 47.1 Å². The molecule has 4 heteroatoms. The van der Waals surface area contributed by atoms with Crippen LogP contribution >= 0.6 is 27.5 Å². The molecule has 0 atom stereocenters. The molecule has 0 unspecified atom stereocenters. The number of hydrogen-bond donors (Lipinski definition) is 0. The van der Waals surface area contributed by atoms with Gasteiger partial charge in [-0.1, -0.05) is 45.7 Å². The first-order valence-corrected chi connectivity index (χ1v) is 6.22. The minimum atomic E-state index is -0.0198. The van der Waals surface area contributed by atoms with Gasteiger partial charge in [-0.25, -0.2) is 0 Å². The fourth-order valence-corrected chi connectivity index (χ4v) is 1.98. The van der Waals surface area contributed by atoms with Gasteiger partial charge in [0, 0.05) is 17.1 Å². The Morgan fingerprint density at radius 2 is 2.00 bits per heavy atom. The number of aromatic nitrogens is 1. The second-order valence-corrected chi connectivity index (χ2v) is 4.84. The van der Waals surface area contributed by atoms with E-state index in [9.17, 15) is 4.79 Å². The van der Waals surface area contributed by atoms with Gasteiger partial charge >= 0.3 is 0 Å². The summed E-state index contributed by atoms with van der Waals surface area (Å²) < 4.78 is 0.933. The Balaban J connectivity index is 2.17. The Bertz CT molecular complexity index is 539. The molecule has 0 fully saturated rings. The molecule has 0 N–H and O–H groups in total. The summed E-state index contributed by atoms with van der Waals surface area (Å²) in [6.07, 6.45) is 1.81. The molecule has 0 aliphatic heterocycles. The number of Topliss-reactive ketones (excluding diaryl/α,β-unsaturated/α-hetero) is 1. The zero-order valence-corrected chi connectivity index (χ0v) is 11.2. The number of carbonyl (C=O) groups is 1. The van der Waals surface area contributed by atoms with Crippen molar-refractivity contribution in [1.82, 2.24) is 4.98 Å². The second-order valence-electron chi connectivity index (χ2n) is 3.55. The topological polar surface area (TPSA) is 30.0 Å². The molecule has 2 nitrogen and oxygen atoms in total. The van der Waals surface area contributed by atoms with Crippen LogP contribution in [0.2, 0.25) is 5.02 Å². The van der Waals surface area contributed by atoms with Crippen molar-refractivity contribution in [3.63, 3.8) is 0 Å². The van der Waals surface area contributed by atoms with Crippen molar-refractivity contribution in [2.24, 2.45) is 0 Å². The molecule has 0 radical (unpaired) electrons. The molecule has 0 saturated carbocycles. The number of halogens is 2. The van der Waals surface area contributed by atoms with E-state index in [0.717, 1.165) is 10.0 Å². The van der Waals surface area contributed by atoms with E-state index in [4.69, 9.17) is 11.6 Å². The largest absolute Gasteiger partial charge is 0.292 e. The monoisotopic (exact) mass is 309 g/mol. The molecule has 1 aromatic carbocycles. The summed E-state index contributed by atoms with van der Waals surface area (Å²) >= 11 is 9.14. The van der Waals surface area contributed by atoms with Crippen LogP contribution in [-0.4, -0.2) is 10.8 Å². The number of nitrogens with zero attached hydrogens (tertiary/aromatic N) is 1. The summed E-state index contributed by atoms with van der Waals surface area (Å²) in [5, 5.41) is 0.530. The Labute approximate surface area is 113 Å². The van der Waals surface area contributed by atoms with Gasteiger partial charge in [0.2, 0.25) is 0 Å². The van der Waals surface area contributed by atoms with Crippen molar-refractivity contribution < 1.29 is 4.79 Å². The van der Waals surface area contributed by atoms with Gasteiger partial charge in [0.1, 0.15) is 5.69 Å². The maximum absolute atomic E-state index is 12.0. The van der Waals surface area contributed by atoms with E-state index in [1.54, 1.807) is 12.1 Å². The van der Waals surface area contributed by atoms with E-state index in [2.05, 4.69) is 20.9 Å². The van der Waals surface area contributed by atoms with Crippen molar-refractivity contribution in [3.8, 4) is 0 Å². The van der Waals surface area contributed by atoms with Crippen LogP contribution in [0, 0.1) is 0 Å². The maximum Gasteiger partial charge on any atom is 0.185 e. The fourth-order valence-electron chi connectivity index (χ4n) is 1.45. The van der Waals surface area contributed by atoms with Gasteiger partial charge in [0.25, 0.3) is 0 Å². The molecule has 2 aromatic rings. The molecule has 0 amide bonds. The Morgan fingerprint density at radius 3 is 2.65 bits per heavy atom. The zero-order valence-electron chi connectivity index (χ0n) is 8.86. The minimum absolute atomic E-state index is 0.0198. The quantitative estimate of drug-likeness (QED) is 0.804. The first-order valence-electron chi connectivity index (χ1n) is 5.05. The van der Waals surface area contributed by atoms with Crippen molar-refractivity contribution in [2.75, 3.05) is 0 Å². The molecule has 0 spiro atoms. The van der Waals surface area contributed by atoms with Crippen LogP contribution in [-0.2, 0) is 6.42 Å². The third kappa shape index (κ3) is 3.14. The molecule has 86 valence electrons. The molecule has 0 aliphatic carbocycles. The lowest BCUT2D eigenvalue weighted by Gasteiger charge is -2.03. The number of ketones is 1. The van der Waals surface area contributed by atoms with E-state index in [1.165, 1.54) is 6.20 Å². The van der Waals surface area contributed by atoms with E-state index in [0.29, 0.717) is 17.1 Å². The predicted octanol–water partition coefficient (Wildman–Crippen LogP) is 3.92. The average molecular weight is 311 g/mol. The highest BCUT2D eigenvalue weighted by molar-refractivity contribution is 9.10. The van der Waals surface area contributed by atoms with Gasteiger partial charge in [-0.15, -0.1) is 0 Å². The molecular weight excluding hydrogens is 302 g/mol. The van der Waals surface area contributed by atoms with Crippen LogP contribution < -0.4 is 0 Å². The zero-order chi connectivity index (χ0) is 12.3. The number of benzene rings is 1. The van der Waals surface area contributed by atoms with Gasteiger partial charge < -0.3 is 0 Å². The third-order valence-corrected chi connectivity index (χ3v) is 3.32. The van der Waals surface area contributed by atoms with Crippen molar-refractivity contribution in [2.45, 2.75) is 6.42 Å². The van der Waals surface area contributed by atoms with Crippen LogP contribution in [0.1, 0.15) is 16.1 Å². The van der Waals surface area contributed by atoms with E-state index < -0.39 is 0 Å². The van der Waals surface area contributed by atoms with Gasteiger partial charge in [0.05, 0.1) is 5.02 Å². The lowest BCUT2D eigenvalue weighted by molar-refractivity contribution is 0.0988. The summed E-state index contributed by atoms with van der Waals surface area (Å²) in [5.74, 6) is -0.0198.